The summed E-state index contributed by atoms with van der Waals surface area (Å²) in [4.78, 5) is 22.7. The molecule has 0 unspecified atom stereocenters. The van der Waals surface area contributed by atoms with E-state index in [1.165, 1.54) is 0 Å². The molecule has 0 bridgehead atoms. The number of benzene rings is 1. The van der Waals surface area contributed by atoms with E-state index < -0.39 is 5.97 Å². The van der Waals surface area contributed by atoms with Crippen LogP contribution in [0.4, 0.5) is 4.79 Å². The Kier molecular flexibility index (Phi) is 7.53. The van der Waals surface area contributed by atoms with Gasteiger partial charge in [-0.2, -0.15) is 0 Å². The predicted molar refractivity (Wildman–Crippen MR) is 92.6 cm³/mol. The van der Waals surface area contributed by atoms with Gasteiger partial charge in [0.2, 0.25) is 0 Å². The first kappa shape index (κ1) is 19.1. The third-order valence-electron chi connectivity index (χ3n) is 4.37. The van der Waals surface area contributed by atoms with Crippen molar-refractivity contribution in [3.05, 3.63) is 29.8 Å². The Hall–Kier alpha value is -2.28. The number of rotatable bonds is 8. The first-order chi connectivity index (χ1) is 12.1. The lowest BCUT2D eigenvalue weighted by Gasteiger charge is -2.26. The van der Waals surface area contributed by atoms with Crippen molar-refractivity contribution in [1.82, 2.24) is 10.6 Å². The van der Waals surface area contributed by atoms with Gasteiger partial charge in [-0.15, -0.1) is 0 Å². The Labute approximate surface area is 147 Å². The smallest absolute Gasteiger partial charge is 0.315 e. The van der Waals surface area contributed by atoms with Crippen LogP contribution in [0.15, 0.2) is 24.3 Å². The molecule has 0 saturated heterocycles. The average Bonchev–Trinajstić information content (AvgIpc) is 2.62. The first-order valence-electron chi connectivity index (χ1n) is 8.56. The molecule has 7 heteroatoms. The van der Waals surface area contributed by atoms with E-state index in [0.29, 0.717) is 45.4 Å². The Morgan fingerprint density at radius 2 is 1.84 bits per heavy atom. The summed E-state index contributed by atoms with van der Waals surface area (Å²) in [6.07, 6.45) is 2.65. The Morgan fingerprint density at radius 1 is 1.16 bits per heavy atom. The maximum Gasteiger partial charge on any atom is 0.315 e. The lowest BCUT2D eigenvalue weighted by Crippen LogP contribution is -2.44. The predicted octanol–water partition coefficient (Wildman–Crippen LogP) is 2.15. The summed E-state index contributed by atoms with van der Waals surface area (Å²) < 4.78 is 10.6. The fourth-order valence-electron chi connectivity index (χ4n) is 2.87. The summed E-state index contributed by atoms with van der Waals surface area (Å²) in [6.45, 7) is 1.32. The zero-order valence-electron chi connectivity index (χ0n) is 14.5. The molecule has 2 rings (SSSR count). The Bertz CT molecular complexity index is 553. The van der Waals surface area contributed by atoms with Gasteiger partial charge >= 0.3 is 12.0 Å². The molecule has 0 aromatic heterocycles. The minimum Gasteiger partial charge on any atom is -0.497 e. The van der Waals surface area contributed by atoms with E-state index in [0.717, 1.165) is 11.3 Å². The molecular weight excluding hydrogens is 324 g/mol. The highest BCUT2D eigenvalue weighted by Crippen LogP contribution is 2.24. The standard InChI is InChI=1S/C18H26N2O5/c1-24-16-8-2-13(3-9-16)12-25-11-10-19-18(23)20-15-6-4-14(5-7-15)17(21)22/h2-3,8-9,14-15H,4-7,10-12H2,1H3,(H,21,22)(H2,19,20,23). The fraction of sp³-hybridized carbons (Fsp3) is 0.556. The second kappa shape index (κ2) is 9.88. The fourth-order valence-corrected chi connectivity index (χ4v) is 2.87. The van der Waals surface area contributed by atoms with E-state index >= 15 is 0 Å². The number of methoxy groups -OCH3 is 1. The van der Waals surface area contributed by atoms with E-state index in [1.807, 2.05) is 24.3 Å². The highest BCUT2D eigenvalue weighted by atomic mass is 16.5. The number of hydrogen-bond donors (Lipinski definition) is 3. The lowest BCUT2D eigenvalue weighted by atomic mass is 9.86. The second-order valence-corrected chi connectivity index (χ2v) is 6.19. The SMILES string of the molecule is COc1ccc(COCCNC(=O)NC2CCC(C(=O)O)CC2)cc1. The zero-order chi connectivity index (χ0) is 18.1. The van der Waals surface area contributed by atoms with E-state index in [9.17, 15) is 9.59 Å². The van der Waals surface area contributed by atoms with Crippen molar-refractivity contribution >= 4 is 12.0 Å². The van der Waals surface area contributed by atoms with Gasteiger partial charge < -0.3 is 25.2 Å². The van der Waals surface area contributed by atoms with Gasteiger partial charge in [-0.1, -0.05) is 12.1 Å². The molecule has 1 aromatic rings. The maximum atomic E-state index is 11.8. The molecule has 3 N–H and O–H groups in total. The minimum absolute atomic E-state index is 0.0517. The number of ether oxygens (including phenoxy) is 2. The van der Waals surface area contributed by atoms with E-state index in [4.69, 9.17) is 14.6 Å². The molecule has 0 heterocycles. The number of carbonyl (C=O) groups excluding carboxylic acids is 1. The van der Waals surface area contributed by atoms with Crippen molar-refractivity contribution in [3.8, 4) is 5.75 Å². The molecule has 1 saturated carbocycles. The normalized spacial score (nSPS) is 19.9. The van der Waals surface area contributed by atoms with Crippen LogP contribution in [0.25, 0.3) is 0 Å². The molecule has 0 radical (unpaired) electrons. The zero-order valence-corrected chi connectivity index (χ0v) is 14.5. The molecule has 0 aliphatic heterocycles. The molecule has 1 fully saturated rings. The summed E-state index contributed by atoms with van der Waals surface area (Å²) in [7, 11) is 1.63. The molecule has 7 nitrogen and oxygen atoms in total. The molecule has 0 atom stereocenters. The van der Waals surface area contributed by atoms with Crippen LogP contribution in [0.3, 0.4) is 0 Å². The van der Waals surface area contributed by atoms with Crippen molar-refractivity contribution in [2.45, 2.75) is 38.3 Å². The van der Waals surface area contributed by atoms with Crippen LogP contribution >= 0.6 is 0 Å². The van der Waals surface area contributed by atoms with E-state index in [-0.39, 0.29) is 18.0 Å². The summed E-state index contributed by atoms with van der Waals surface area (Å²) in [5.41, 5.74) is 1.04. The summed E-state index contributed by atoms with van der Waals surface area (Å²) in [5.74, 6) is -0.205. The van der Waals surface area contributed by atoms with Crippen molar-refractivity contribution < 1.29 is 24.2 Å². The van der Waals surface area contributed by atoms with Gasteiger partial charge in [0.15, 0.2) is 0 Å². The van der Waals surface area contributed by atoms with Crippen molar-refractivity contribution in [1.29, 1.82) is 0 Å². The van der Waals surface area contributed by atoms with Crippen LogP contribution in [0, 0.1) is 5.92 Å². The summed E-state index contributed by atoms with van der Waals surface area (Å²) in [5, 5.41) is 14.6. The van der Waals surface area contributed by atoms with Gasteiger partial charge in [0.25, 0.3) is 0 Å². The van der Waals surface area contributed by atoms with Crippen molar-refractivity contribution in [2.24, 2.45) is 5.92 Å². The number of carboxylic acid groups (broad SMARTS) is 1. The van der Waals surface area contributed by atoms with Crippen molar-refractivity contribution in [2.75, 3.05) is 20.3 Å². The molecule has 138 valence electrons. The van der Waals surface area contributed by atoms with Crippen LogP contribution in [0.1, 0.15) is 31.2 Å². The van der Waals surface area contributed by atoms with E-state index in [1.54, 1.807) is 7.11 Å². The van der Waals surface area contributed by atoms with Gasteiger partial charge in [0, 0.05) is 12.6 Å². The number of hydrogen-bond acceptors (Lipinski definition) is 4. The Balaban J connectivity index is 1.54. The monoisotopic (exact) mass is 350 g/mol. The average molecular weight is 350 g/mol. The number of aliphatic carboxylic acids is 1. The summed E-state index contributed by atoms with van der Waals surface area (Å²) >= 11 is 0. The molecule has 1 aromatic carbocycles. The molecule has 0 spiro atoms. The van der Waals surface area contributed by atoms with Gasteiger partial charge in [-0.25, -0.2) is 4.79 Å². The van der Waals surface area contributed by atoms with Gasteiger partial charge in [-0.3, -0.25) is 4.79 Å². The number of carbonyl (C=O) groups is 2. The molecule has 2 amide bonds. The number of urea groups is 1. The molecule has 1 aliphatic rings. The largest absolute Gasteiger partial charge is 0.497 e. The van der Waals surface area contributed by atoms with Crippen LogP contribution in [-0.2, 0) is 16.1 Å². The van der Waals surface area contributed by atoms with Gasteiger partial charge in [-0.05, 0) is 43.4 Å². The first-order valence-corrected chi connectivity index (χ1v) is 8.56. The number of nitrogens with one attached hydrogen (secondary N) is 2. The topological polar surface area (TPSA) is 96.9 Å². The van der Waals surface area contributed by atoms with Gasteiger partial charge in [0.1, 0.15) is 5.75 Å². The highest BCUT2D eigenvalue weighted by Gasteiger charge is 2.26. The summed E-state index contributed by atoms with van der Waals surface area (Å²) in [6, 6.07) is 7.45. The second-order valence-electron chi connectivity index (χ2n) is 6.19. The van der Waals surface area contributed by atoms with Crippen LogP contribution < -0.4 is 15.4 Å². The number of carboxylic acids is 1. The third-order valence-corrected chi connectivity index (χ3v) is 4.37. The van der Waals surface area contributed by atoms with E-state index in [2.05, 4.69) is 10.6 Å². The number of amides is 2. The van der Waals surface area contributed by atoms with Crippen molar-refractivity contribution in [3.63, 3.8) is 0 Å². The van der Waals surface area contributed by atoms with Crippen LogP contribution in [0.5, 0.6) is 5.75 Å². The molecule has 25 heavy (non-hydrogen) atoms. The third kappa shape index (κ3) is 6.62. The van der Waals surface area contributed by atoms with Gasteiger partial charge in [0.05, 0.1) is 26.2 Å². The maximum absolute atomic E-state index is 11.8. The minimum atomic E-state index is -0.739. The quantitative estimate of drug-likeness (QED) is 0.624. The van der Waals surface area contributed by atoms with Crippen LogP contribution in [0.2, 0.25) is 0 Å². The highest BCUT2D eigenvalue weighted by molar-refractivity contribution is 5.74. The molecule has 1 aliphatic carbocycles. The lowest BCUT2D eigenvalue weighted by molar-refractivity contribution is -0.142. The molecular formula is C18H26N2O5. The van der Waals surface area contributed by atoms with Crippen LogP contribution in [-0.4, -0.2) is 43.4 Å². The Morgan fingerprint density at radius 3 is 2.44 bits per heavy atom.